The number of aromatic amines is 2. The Morgan fingerprint density at radius 1 is 1.16 bits per heavy atom. The maximum absolute atomic E-state index is 11.2. The fraction of sp³-hybridized carbons (Fsp3) is 0.154. The highest BCUT2D eigenvalue weighted by molar-refractivity contribution is 5.75. The van der Waals surface area contributed by atoms with Crippen LogP contribution in [0.25, 0.3) is 11.0 Å². The molecule has 0 bridgehead atoms. The van der Waals surface area contributed by atoms with Crippen molar-refractivity contribution in [3.63, 3.8) is 0 Å². The maximum Gasteiger partial charge on any atom is 0.323 e. The number of H-pyrrole nitrogens is 2. The number of hydrogen-bond acceptors (Lipinski definition) is 4. The van der Waals surface area contributed by atoms with Crippen LogP contribution in [0.5, 0.6) is 0 Å². The monoisotopic (exact) mass is 255 g/mol. The number of nitrogens with one attached hydrogen (secondary N) is 3. The Balaban J connectivity index is 1.79. The summed E-state index contributed by atoms with van der Waals surface area (Å²) < 4.78 is 0. The molecule has 0 spiro atoms. The minimum atomic E-state index is -0.188. The lowest BCUT2D eigenvalue weighted by Gasteiger charge is -2.05. The molecule has 3 aromatic rings. The van der Waals surface area contributed by atoms with E-state index in [1.807, 2.05) is 31.2 Å². The smallest absolute Gasteiger partial charge is 0.323 e. The standard InChI is InChI=1S/C13H13N5O/c1-8-4-12(16-7-15-8)14-6-9-2-3-10-11(5-9)18-13(19)17-10/h2-5,7H,6H2,1H3,(H,14,15,16)(H2,17,18,19). The van der Waals surface area contributed by atoms with Crippen LogP contribution in [0.4, 0.5) is 5.82 Å². The first-order chi connectivity index (χ1) is 9.20. The largest absolute Gasteiger partial charge is 0.366 e. The van der Waals surface area contributed by atoms with Gasteiger partial charge in [-0.05, 0) is 24.6 Å². The van der Waals surface area contributed by atoms with E-state index in [1.54, 1.807) is 0 Å². The average Bonchev–Trinajstić information content (AvgIpc) is 2.75. The number of aromatic nitrogens is 4. The highest BCUT2D eigenvalue weighted by Crippen LogP contribution is 2.12. The normalized spacial score (nSPS) is 10.8. The van der Waals surface area contributed by atoms with Gasteiger partial charge in [0.1, 0.15) is 12.1 Å². The number of hydrogen-bond donors (Lipinski definition) is 3. The van der Waals surface area contributed by atoms with Crippen LogP contribution >= 0.6 is 0 Å². The molecule has 3 N–H and O–H groups in total. The van der Waals surface area contributed by atoms with E-state index in [1.165, 1.54) is 6.33 Å². The van der Waals surface area contributed by atoms with Crippen molar-refractivity contribution in [3.8, 4) is 0 Å². The molecule has 2 heterocycles. The zero-order valence-corrected chi connectivity index (χ0v) is 10.4. The van der Waals surface area contributed by atoms with E-state index in [0.29, 0.717) is 6.54 Å². The quantitative estimate of drug-likeness (QED) is 0.663. The Bertz CT molecular complexity index is 774. The average molecular weight is 255 g/mol. The second-order valence-electron chi connectivity index (χ2n) is 4.36. The Labute approximate surface area is 108 Å². The molecule has 3 rings (SSSR count). The van der Waals surface area contributed by atoms with Crippen molar-refractivity contribution in [3.05, 3.63) is 52.3 Å². The molecule has 0 aliphatic heterocycles. The summed E-state index contributed by atoms with van der Waals surface area (Å²) in [5.74, 6) is 0.787. The fourth-order valence-electron chi connectivity index (χ4n) is 1.93. The molecule has 2 aromatic heterocycles. The molecule has 6 nitrogen and oxygen atoms in total. The van der Waals surface area contributed by atoms with Crippen LogP contribution in [0.1, 0.15) is 11.3 Å². The van der Waals surface area contributed by atoms with Crippen LogP contribution in [-0.4, -0.2) is 19.9 Å². The SMILES string of the molecule is Cc1cc(NCc2ccc3[nH]c(=O)[nH]c3c2)ncn1. The molecule has 0 radical (unpaired) electrons. The summed E-state index contributed by atoms with van der Waals surface area (Å²) in [4.78, 5) is 24.8. The number of benzene rings is 1. The van der Waals surface area contributed by atoms with Gasteiger partial charge in [0.25, 0.3) is 0 Å². The summed E-state index contributed by atoms with van der Waals surface area (Å²) in [6, 6.07) is 7.67. The van der Waals surface area contributed by atoms with Gasteiger partial charge in [0.05, 0.1) is 11.0 Å². The van der Waals surface area contributed by atoms with Crippen molar-refractivity contribution in [2.75, 3.05) is 5.32 Å². The van der Waals surface area contributed by atoms with Gasteiger partial charge >= 0.3 is 5.69 Å². The van der Waals surface area contributed by atoms with E-state index >= 15 is 0 Å². The minimum Gasteiger partial charge on any atom is -0.366 e. The maximum atomic E-state index is 11.2. The second-order valence-corrected chi connectivity index (χ2v) is 4.36. The lowest BCUT2D eigenvalue weighted by atomic mass is 10.2. The first-order valence-corrected chi connectivity index (χ1v) is 5.94. The van der Waals surface area contributed by atoms with Gasteiger partial charge in [-0.3, -0.25) is 0 Å². The molecule has 0 fully saturated rings. The molecule has 0 amide bonds. The lowest BCUT2D eigenvalue weighted by Crippen LogP contribution is -2.02. The zero-order valence-electron chi connectivity index (χ0n) is 10.4. The summed E-state index contributed by atoms with van der Waals surface area (Å²) in [6.07, 6.45) is 1.53. The van der Waals surface area contributed by atoms with Crippen molar-refractivity contribution in [1.82, 2.24) is 19.9 Å². The Morgan fingerprint density at radius 2 is 2.00 bits per heavy atom. The van der Waals surface area contributed by atoms with Gasteiger partial charge in [-0.1, -0.05) is 6.07 Å². The van der Waals surface area contributed by atoms with Crippen LogP contribution < -0.4 is 11.0 Å². The first kappa shape index (κ1) is 11.5. The van der Waals surface area contributed by atoms with Crippen molar-refractivity contribution < 1.29 is 0 Å². The van der Waals surface area contributed by atoms with Gasteiger partial charge in [0.2, 0.25) is 0 Å². The predicted molar refractivity (Wildman–Crippen MR) is 73.0 cm³/mol. The number of imidazole rings is 1. The molecule has 0 atom stereocenters. The summed E-state index contributed by atoms with van der Waals surface area (Å²) in [5, 5.41) is 3.22. The van der Waals surface area contributed by atoms with Crippen LogP contribution in [0.15, 0.2) is 35.4 Å². The molecule has 6 heteroatoms. The van der Waals surface area contributed by atoms with E-state index in [0.717, 1.165) is 28.1 Å². The summed E-state index contributed by atoms with van der Waals surface area (Å²) in [6.45, 7) is 2.56. The van der Waals surface area contributed by atoms with Gasteiger partial charge in [0.15, 0.2) is 0 Å². The van der Waals surface area contributed by atoms with Crippen LogP contribution in [0.2, 0.25) is 0 Å². The molecule has 19 heavy (non-hydrogen) atoms. The summed E-state index contributed by atoms with van der Waals surface area (Å²) in [5.41, 5.74) is 3.42. The van der Waals surface area contributed by atoms with Gasteiger partial charge in [-0.25, -0.2) is 14.8 Å². The third-order valence-corrected chi connectivity index (χ3v) is 2.86. The molecule has 0 aliphatic rings. The number of nitrogens with zero attached hydrogens (tertiary/aromatic N) is 2. The van der Waals surface area contributed by atoms with Gasteiger partial charge in [-0.2, -0.15) is 0 Å². The highest BCUT2D eigenvalue weighted by Gasteiger charge is 2.00. The van der Waals surface area contributed by atoms with E-state index in [4.69, 9.17) is 0 Å². The molecule has 0 saturated heterocycles. The molecule has 1 aromatic carbocycles. The third kappa shape index (κ3) is 2.47. The third-order valence-electron chi connectivity index (χ3n) is 2.86. The molecular formula is C13H13N5O. The first-order valence-electron chi connectivity index (χ1n) is 5.94. The van der Waals surface area contributed by atoms with Crippen LogP contribution in [0, 0.1) is 6.92 Å². The summed E-state index contributed by atoms with van der Waals surface area (Å²) in [7, 11) is 0. The van der Waals surface area contributed by atoms with E-state index in [-0.39, 0.29) is 5.69 Å². The van der Waals surface area contributed by atoms with Crippen LogP contribution in [0.3, 0.4) is 0 Å². The topological polar surface area (TPSA) is 86.5 Å². The molecule has 0 aliphatic carbocycles. The zero-order chi connectivity index (χ0) is 13.2. The Morgan fingerprint density at radius 3 is 2.84 bits per heavy atom. The van der Waals surface area contributed by atoms with Crippen molar-refractivity contribution >= 4 is 16.9 Å². The molecular weight excluding hydrogens is 242 g/mol. The number of fused-ring (bicyclic) bond motifs is 1. The van der Waals surface area contributed by atoms with Crippen molar-refractivity contribution in [2.24, 2.45) is 0 Å². The van der Waals surface area contributed by atoms with Gasteiger partial charge in [-0.15, -0.1) is 0 Å². The van der Waals surface area contributed by atoms with E-state index in [9.17, 15) is 4.79 Å². The van der Waals surface area contributed by atoms with E-state index < -0.39 is 0 Å². The number of rotatable bonds is 3. The minimum absolute atomic E-state index is 0.188. The number of anilines is 1. The van der Waals surface area contributed by atoms with Crippen molar-refractivity contribution in [2.45, 2.75) is 13.5 Å². The Kier molecular flexibility index (Phi) is 2.75. The van der Waals surface area contributed by atoms with Crippen LogP contribution in [-0.2, 0) is 6.54 Å². The number of aryl methyl sites for hydroxylation is 1. The van der Waals surface area contributed by atoms with Gasteiger partial charge < -0.3 is 15.3 Å². The second kappa shape index (κ2) is 4.56. The molecule has 0 unspecified atom stereocenters. The predicted octanol–water partition coefficient (Wildman–Crippen LogP) is 1.57. The molecule has 0 saturated carbocycles. The van der Waals surface area contributed by atoms with Gasteiger partial charge in [0, 0.05) is 18.3 Å². The van der Waals surface area contributed by atoms with Crippen molar-refractivity contribution in [1.29, 1.82) is 0 Å². The van der Waals surface area contributed by atoms with E-state index in [2.05, 4.69) is 25.3 Å². The Hall–Kier alpha value is -2.63. The summed E-state index contributed by atoms with van der Waals surface area (Å²) >= 11 is 0. The highest BCUT2D eigenvalue weighted by atomic mass is 16.1. The lowest BCUT2D eigenvalue weighted by molar-refractivity contribution is 1.05. The molecule has 96 valence electrons. The fourth-order valence-corrected chi connectivity index (χ4v) is 1.93.